The van der Waals surface area contributed by atoms with E-state index in [1.165, 1.54) is 25.7 Å². The van der Waals surface area contributed by atoms with E-state index in [2.05, 4.69) is 16.8 Å². The van der Waals surface area contributed by atoms with Gasteiger partial charge in [0.2, 0.25) is 0 Å². The van der Waals surface area contributed by atoms with E-state index < -0.39 is 6.10 Å². The first-order valence-corrected chi connectivity index (χ1v) is 10.00. The third-order valence-corrected chi connectivity index (χ3v) is 4.96. The van der Waals surface area contributed by atoms with Gasteiger partial charge in [-0.3, -0.25) is 4.90 Å². The van der Waals surface area contributed by atoms with Crippen LogP contribution in [0.15, 0.2) is 18.2 Å². The van der Waals surface area contributed by atoms with Gasteiger partial charge >= 0.3 is 0 Å². The van der Waals surface area contributed by atoms with E-state index in [0.717, 1.165) is 31.7 Å². The number of aliphatic hydroxyl groups excluding tert-OH is 1. The second-order valence-electron chi connectivity index (χ2n) is 7.40. The lowest BCUT2D eigenvalue weighted by Gasteiger charge is -2.23. The standard InChI is InChI=1S/C21H36N2O4/c1-22(12-13-25-2)15-18-8-9-20(21(14-18)26-3)27-17-19(24)16-23-10-6-4-5-7-11-23/h8-9,14,19,24H,4-7,10-13,15-17H2,1-3H3. The fourth-order valence-corrected chi connectivity index (χ4v) is 3.42. The molecule has 0 spiro atoms. The average molecular weight is 381 g/mol. The quantitative estimate of drug-likeness (QED) is 0.636. The summed E-state index contributed by atoms with van der Waals surface area (Å²) in [7, 11) is 5.42. The number of hydrogen-bond acceptors (Lipinski definition) is 6. The molecule has 1 saturated heterocycles. The average Bonchev–Trinajstić information content (AvgIpc) is 2.93. The van der Waals surface area contributed by atoms with Gasteiger partial charge in [-0.1, -0.05) is 18.9 Å². The minimum atomic E-state index is -0.493. The second-order valence-corrected chi connectivity index (χ2v) is 7.40. The van der Waals surface area contributed by atoms with Gasteiger partial charge in [-0.05, 0) is 50.7 Å². The van der Waals surface area contributed by atoms with Crippen molar-refractivity contribution in [1.29, 1.82) is 0 Å². The van der Waals surface area contributed by atoms with Crippen LogP contribution in [0.5, 0.6) is 11.5 Å². The van der Waals surface area contributed by atoms with Crippen LogP contribution in [0.1, 0.15) is 31.2 Å². The molecule has 2 rings (SSSR count). The third-order valence-electron chi connectivity index (χ3n) is 4.96. The van der Waals surface area contributed by atoms with Crippen molar-refractivity contribution in [2.45, 2.75) is 38.3 Å². The smallest absolute Gasteiger partial charge is 0.161 e. The summed E-state index contributed by atoms with van der Waals surface area (Å²) in [4.78, 5) is 4.54. The first kappa shape index (κ1) is 22.0. The summed E-state index contributed by atoms with van der Waals surface area (Å²) in [6.07, 6.45) is 4.55. The molecule has 0 bridgehead atoms. The highest BCUT2D eigenvalue weighted by molar-refractivity contribution is 5.43. The van der Waals surface area contributed by atoms with Gasteiger partial charge < -0.3 is 24.2 Å². The summed E-state index contributed by atoms with van der Waals surface area (Å²) in [6.45, 7) is 5.50. The molecule has 154 valence electrons. The maximum atomic E-state index is 10.3. The van der Waals surface area contributed by atoms with Crippen molar-refractivity contribution in [3.05, 3.63) is 23.8 Å². The Morgan fingerprint density at radius 2 is 1.85 bits per heavy atom. The number of likely N-dealkylation sites (tertiary alicyclic amines) is 1. The fourth-order valence-electron chi connectivity index (χ4n) is 3.42. The molecule has 0 aromatic heterocycles. The van der Waals surface area contributed by atoms with E-state index in [0.29, 0.717) is 24.7 Å². The molecule has 0 amide bonds. The first-order chi connectivity index (χ1) is 13.1. The molecule has 0 radical (unpaired) electrons. The predicted octanol–water partition coefficient (Wildman–Crippen LogP) is 2.39. The van der Waals surface area contributed by atoms with Crippen LogP contribution in [-0.2, 0) is 11.3 Å². The van der Waals surface area contributed by atoms with E-state index in [4.69, 9.17) is 14.2 Å². The lowest BCUT2D eigenvalue weighted by molar-refractivity contribution is 0.0683. The summed E-state index contributed by atoms with van der Waals surface area (Å²) in [5.41, 5.74) is 1.16. The van der Waals surface area contributed by atoms with Crippen LogP contribution in [0.25, 0.3) is 0 Å². The van der Waals surface area contributed by atoms with Crippen LogP contribution >= 0.6 is 0 Å². The Morgan fingerprint density at radius 1 is 1.11 bits per heavy atom. The molecule has 27 heavy (non-hydrogen) atoms. The number of ether oxygens (including phenoxy) is 3. The van der Waals surface area contributed by atoms with Crippen LogP contribution in [-0.4, -0.2) is 81.7 Å². The highest BCUT2D eigenvalue weighted by atomic mass is 16.5. The molecular formula is C21H36N2O4. The van der Waals surface area contributed by atoms with Crippen molar-refractivity contribution in [2.75, 3.05) is 60.7 Å². The Morgan fingerprint density at radius 3 is 2.52 bits per heavy atom. The predicted molar refractivity (Wildman–Crippen MR) is 108 cm³/mol. The van der Waals surface area contributed by atoms with Crippen LogP contribution in [0.2, 0.25) is 0 Å². The van der Waals surface area contributed by atoms with Crippen molar-refractivity contribution >= 4 is 0 Å². The van der Waals surface area contributed by atoms with Crippen LogP contribution in [0.4, 0.5) is 0 Å². The number of methoxy groups -OCH3 is 2. The SMILES string of the molecule is COCCN(C)Cc1ccc(OCC(O)CN2CCCCCC2)c(OC)c1. The van der Waals surface area contributed by atoms with Gasteiger partial charge in [0.15, 0.2) is 11.5 Å². The second kappa shape index (κ2) is 12.2. The van der Waals surface area contributed by atoms with Gasteiger partial charge in [-0.2, -0.15) is 0 Å². The number of β-amino-alcohol motifs (C(OH)–C–C–N with tert-alkyl or cyclic N) is 1. The summed E-state index contributed by atoms with van der Waals surface area (Å²) in [6, 6.07) is 5.97. The zero-order valence-corrected chi connectivity index (χ0v) is 17.2. The molecular weight excluding hydrogens is 344 g/mol. The van der Waals surface area contributed by atoms with Crippen molar-refractivity contribution in [1.82, 2.24) is 9.80 Å². The molecule has 1 aliphatic rings. The highest BCUT2D eigenvalue weighted by Gasteiger charge is 2.15. The number of hydrogen-bond donors (Lipinski definition) is 1. The first-order valence-electron chi connectivity index (χ1n) is 10.00. The van der Waals surface area contributed by atoms with Gasteiger partial charge in [0, 0.05) is 26.7 Å². The lowest BCUT2D eigenvalue weighted by Crippen LogP contribution is -2.36. The Labute approximate surface area is 164 Å². The van der Waals surface area contributed by atoms with E-state index in [1.54, 1.807) is 14.2 Å². The number of nitrogens with zero attached hydrogens (tertiary/aromatic N) is 2. The molecule has 6 heteroatoms. The zero-order valence-electron chi connectivity index (χ0n) is 17.2. The fraction of sp³-hybridized carbons (Fsp3) is 0.714. The molecule has 1 heterocycles. The molecule has 1 fully saturated rings. The summed E-state index contributed by atoms with van der Waals surface area (Å²) >= 11 is 0. The Balaban J connectivity index is 1.84. The van der Waals surface area contributed by atoms with Crippen molar-refractivity contribution < 1.29 is 19.3 Å². The number of rotatable bonds is 11. The van der Waals surface area contributed by atoms with Gasteiger partial charge in [-0.25, -0.2) is 0 Å². The van der Waals surface area contributed by atoms with E-state index >= 15 is 0 Å². The Kier molecular flexibility index (Phi) is 9.91. The monoisotopic (exact) mass is 380 g/mol. The number of benzene rings is 1. The van der Waals surface area contributed by atoms with E-state index in [-0.39, 0.29) is 6.61 Å². The van der Waals surface area contributed by atoms with E-state index in [9.17, 15) is 5.11 Å². The van der Waals surface area contributed by atoms with Crippen molar-refractivity contribution in [3.8, 4) is 11.5 Å². The van der Waals surface area contributed by atoms with Crippen LogP contribution in [0.3, 0.4) is 0 Å². The summed E-state index contributed by atoms with van der Waals surface area (Å²) < 4.78 is 16.5. The van der Waals surface area contributed by atoms with Gasteiger partial charge in [0.1, 0.15) is 12.7 Å². The third kappa shape index (κ3) is 8.05. The topological polar surface area (TPSA) is 54.4 Å². The lowest BCUT2D eigenvalue weighted by atomic mass is 10.2. The highest BCUT2D eigenvalue weighted by Crippen LogP contribution is 2.28. The molecule has 1 aliphatic heterocycles. The molecule has 1 aromatic rings. The molecule has 1 N–H and O–H groups in total. The normalized spacial score (nSPS) is 16.9. The zero-order chi connectivity index (χ0) is 19.5. The summed E-state index contributed by atoms with van der Waals surface area (Å²) in [5.74, 6) is 1.38. The molecule has 0 aliphatic carbocycles. The van der Waals surface area contributed by atoms with Crippen LogP contribution in [0, 0.1) is 0 Å². The van der Waals surface area contributed by atoms with E-state index in [1.807, 2.05) is 18.2 Å². The molecule has 6 nitrogen and oxygen atoms in total. The number of likely N-dealkylation sites (N-methyl/N-ethyl adjacent to an activating group) is 1. The Bertz CT molecular complexity index is 533. The molecule has 1 aromatic carbocycles. The number of aliphatic hydroxyl groups is 1. The van der Waals surface area contributed by atoms with Gasteiger partial charge in [0.05, 0.1) is 13.7 Å². The largest absolute Gasteiger partial charge is 0.493 e. The van der Waals surface area contributed by atoms with Crippen molar-refractivity contribution in [2.24, 2.45) is 0 Å². The maximum Gasteiger partial charge on any atom is 0.161 e. The molecule has 1 unspecified atom stereocenters. The molecule has 1 atom stereocenters. The molecule has 0 saturated carbocycles. The van der Waals surface area contributed by atoms with Crippen LogP contribution < -0.4 is 9.47 Å². The Hall–Kier alpha value is -1.34. The van der Waals surface area contributed by atoms with Crippen molar-refractivity contribution in [3.63, 3.8) is 0 Å². The van der Waals surface area contributed by atoms with Gasteiger partial charge in [0.25, 0.3) is 0 Å². The minimum Gasteiger partial charge on any atom is -0.493 e. The summed E-state index contributed by atoms with van der Waals surface area (Å²) in [5, 5.41) is 10.3. The van der Waals surface area contributed by atoms with Gasteiger partial charge in [-0.15, -0.1) is 0 Å². The maximum absolute atomic E-state index is 10.3. The minimum absolute atomic E-state index is 0.278.